The lowest BCUT2D eigenvalue weighted by atomic mass is 9.92. The topological polar surface area (TPSA) is 80.4 Å². The molecule has 0 aromatic rings. The molecule has 5 heteroatoms. The van der Waals surface area contributed by atoms with E-state index in [1.54, 1.807) is 12.2 Å². The largest absolute Gasteiger partial charge is 0.389 e. The van der Waals surface area contributed by atoms with Crippen LogP contribution in [0, 0.1) is 10.1 Å². The summed E-state index contributed by atoms with van der Waals surface area (Å²) >= 11 is 0. The zero-order chi connectivity index (χ0) is 16.8. The van der Waals surface area contributed by atoms with Crippen molar-refractivity contribution in [3.63, 3.8) is 0 Å². The lowest BCUT2D eigenvalue weighted by Crippen LogP contribution is -2.32. The highest BCUT2D eigenvalue weighted by Gasteiger charge is 2.36. The van der Waals surface area contributed by atoms with Gasteiger partial charge < -0.3 is 5.11 Å². The van der Waals surface area contributed by atoms with Gasteiger partial charge in [0.05, 0.1) is 6.10 Å². The van der Waals surface area contributed by atoms with Crippen LogP contribution in [0.1, 0.15) is 65.7 Å². The predicted molar refractivity (Wildman–Crippen MR) is 86.2 cm³/mol. The number of carbonyl (C=O) groups excluding carboxylic acids is 1. The molecule has 0 aromatic heterocycles. The van der Waals surface area contributed by atoms with Crippen molar-refractivity contribution in [3.8, 4) is 0 Å². The number of hydrogen-bond acceptors (Lipinski definition) is 4. The van der Waals surface area contributed by atoms with Gasteiger partial charge in [-0.1, -0.05) is 38.3 Å². The molecule has 0 aromatic carbocycles. The van der Waals surface area contributed by atoms with Gasteiger partial charge in [-0.2, -0.15) is 0 Å². The van der Waals surface area contributed by atoms with E-state index in [0.29, 0.717) is 24.8 Å². The number of aliphatic hydroxyl groups is 1. The summed E-state index contributed by atoms with van der Waals surface area (Å²) in [7, 11) is 0. The first-order chi connectivity index (χ1) is 10.3. The number of carbonyl (C=O) groups is 1. The van der Waals surface area contributed by atoms with Gasteiger partial charge in [-0.05, 0) is 18.4 Å². The van der Waals surface area contributed by atoms with E-state index < -0.39 is 11.6 Å². The number of unbranched alkanes of at least 4 members (excludes halogenated alkanes) is 2. The van der Waals surface area contributed by atoms with Gasteiger partial charge in [0.25, 0.3) is 0 Å². The predicted octanol–water partition coefficient (Wildman–Crippen LogP) is 3.59. The van der Waals surface area contributed by atoms with Gasteiger partial charge in [0, 0.05) is 37.2 Å². The van der Waals surface area contributed by atoms with Crippen LogP contribution in [0.4, 0.5) is 0 Å². The van der Waals surface area contributed by atoms with E-state index in [1.165, 1.54) is 13.8 Å². The summed E-state index contributed by atoms with van der Waals surface area (Å²) in [6, 6.07) is 0. The summed E-state index contributed by atoms with van der Waals surface area (Å²) in [6.07, 6.45) is 8.03. The Kier molecular flexibility index (Phi) is 6.94. The molecule has 0 saturated carbocycles. The molecule has 0 heterocycles. The maximum absolute atomic E-state index is 12.0. The van der Waals surface area contributed by atoms with Crippen molar-refractivity contribution in [1.82, 2.24) is 0 Å². The fourth-order valence-electron chi connectivity index (χ4n) is 2.55. The Balaban J connectivity index is 2.76. The van der Waals surface area contributed by atoms with Crippen LogP contribution in [0.15, 0.2) is 23.3 Å². The van der Waals surface area contributed by atoms with Crippen molar-refractivity contribution in [2.75, 3.05) is 0 Å². The quantitative estimate of drug-likeness (QED) is 0.401. The molecule has 0 aliphatic heterocycles. The van der Waals surface area contributed by atoms with Crippen LogP contribution < -0.4 is 0 Å². The molecule has 5 nitrogen and oxygen atoms in total. The van der Waals surface area contributed by atoms with Crippen molar-refractivity contribution in [3.05, 3.63) is 33.4 Å². The van der Waals surface area contributed by atoms with Crippen molar-refractivity contribution >= 4 is 5.78 Å². The first kappa shape index (κ1) is 18.6. The molecule has 1 atom stereocenters. The minimum Gasteiger partial charge on any atom is -0.389 e. The normalized spacial score (nSPS) is 17.5. The molecule has 0 amide bonds. The molecule has 1 aliphatic rings. The minimum absolute atomic E-state index is 0.00459. The summed E-state index contributed by atoms with van der Waals surface area (Å²) in [4.78, 5) is 22.7. The number of nitro groups is 1. The van der Waals surface area contributed by atoms with Gasteiger partial charge in [-0.25, -0.2) is 0 Å². The molecular weight excluding hydrogens is 282 g/mol. The lowest BCUT2D eigenvalue weighted by molar-refractivity contribution is -0.559. The maximum Gasteiger partial charge on any atom is 0.220 e. The second-order valence-corrected chi connectivity index (χ2v) is 6.60. The molecule has 1 unspecified atom stereocenters. The Morgan fingerprint density at radius 3 is 2.64 bits per heavy atom. The van der Waals surface area contributed by atoms with Crippen LogP contribution in [0.25, 0.3) is 0 Å². The molecule has 0 saturated heterocycles. The number of aliphatic hydroxyl groups excluding tert-OH is 1. The van der Waals surface area contributed by atoms with E-state index in [-0.39, 0.29) is 17.1 Å². The molecule has 124 valence electrons. The van der Waals surface area contributed by atoms with Crippen LogP contribution in [-0.2, 0) is 4.79 Å². The molecule has 1 N–H and O–H groups in total. The van der Waals surface area contributed by atoms with Gasteiger partial charge >= 0.3 is 0 Å². The third kappa shape index (κ3) is 5.37. The Hall–Kier alpha value is -1.49. The molecule has 1 aliphatic carbocycles. The van der Waals surface area contributed by atoms with E-state index in [2.05, 4.69) is 6.92 Å². The van der Waals surface area contributed by atoms with E-state index in [4.69, 9.17) is 0 Å². The third-order valence-corrected chi connectivity index (χ3v) is 4.07. The summed E-state index contributed by atoms with van der Waals surface area (Å²) in [6.45, 7) is 5.18. The van der Waals surface area contributed by atoms with Gasteiger partial charge in [-0.15, -0.1) is 0 Å². The number of Topliss-reactive ketones (excluding diaryl/α,β-unsaturated/α-hetero) is 1. The maximum atomic E-state index is 12.0. The third-order valence-electron chi connectivity index (χ3n) is 4.07. The van der Waals surface area contributed by atoms with Gasteiger partial charge in [0.1, 0.15) is 0 Å². The number of hydrogen-bond donors (Lipinski definition) is 1. The van der Waals surface area contributed by atoms with E-state index >= 15 is 0 Å². The lowest BCUT2D eigenvalue weighted by Gasteiger charge is -2.16. The van der Waals surface area contributed by atoms with Crippen LogP contribution in [0.2, 0.25) is 0 Å². The van der Waals surface area contributed by atoms with E-state index in [9.17, 15) is 20.0 Å². The fourth-order valence-corrected chi connectivity index (χ4v) is 2.55. The van der Waals surface area contributed by atoms with Crippen molar-refractivity contribution in [2.45, 2.75) is 77.4 Å². The van der Waals surface area contributed by atoms with Crippen LogP contribution >= 0.6 is 0 Å². The highest BCUT2D eigenvalue weighted by atomic mass is 16.6. The second kappa shape index (κ2) is 8.22. The van der Waals surface area contributed by atoms with E-state index in [1.807, 2.05) is 0 Å². The zero-order valence-corrected chi connectivity index (χ0v) is 13.8. The molecule has 0 radical (unpaired) electrons. The number of nitrogens with zero attached hydrogens (tertiary/aromatic N) is 1. The average Bonchev–Trinajstić information content (AvgIpc) is 2.77. The highest BCUT2D eigenvalue weighted by molar-refractivity contribution is 5.99. The number of allylic oxidation sites excluding steroid dienone is 2. The fraction of sp³-hybridized carbons (Fsp3) is 0.706. The minimum atomic E-state index is -1.14. The molecule has 22 heavy (non-hydrogen) atoms. The number of ketones is 1. The molecule has 1 rings (SSSR count). The Morgan fingerprint density at radius 2 is 2.05 bits per heavy atom. The Labute approximate surface area is 132 Å². The average molecular weight is 309 g/mol. The number of rotatable bonds is 9. The van der Waals surface area contributed by atoms with Gasteiger partial charge in [0.15, 0.2) is 5.78 Å². The summed E-state index contributed by atoms with van der Waals surface area (Å²) < 4.78 is 0. The zero-order valence-electron chi connectivity index (χ0n) is 13.8. The SMILES string of the molecule is CCCCCC(O)/C=C/C1=C(CC(C)(C)[N+](=O)[O-])C(=O)CC1. The molecule has 0 fully saturated rings. The van der Waals surface area contributed by atoms with Crippen molar-refractivity contribution in [1.29, 1.82) is 0 Å². The summed E-state index contributed by atoms with van der Waals surface area (Å²) in [5.41, 5.74) is 0.252. The van der Waals surface area contributed by atoms with Crippen LogP contribution in [-0.4, -0.2) is 27.5 Å². The summed E-state index contributed by atoms with van der Waals surface area (Å²) in [5.74, 6) is -0.00459. The highest BCUT2D eigenvalue weighted by Crippen LogP contribution is 2.31. The van der Waals surface area contributed by atoms with Gasteiger partial charge in [-0.3, -0.25) is 14.9 Å². The summed E-state index contributed by atoms with van der Waals surface area (Å²) in [5, 5.41) is 21.0. The van der Waals surface area contributed by atoms with Gasteiger partial charge in [0.2, 0.25) is 5.54 Å². The first-order valence-corrected chi connectivity index (χ1v) is 8.04. The molecule has 0 spiro atoms. The molecular formula is C17H27NO4. The standard InChI is InChI=1S/C17H27NO4/c1-4-5-6-7-14(19)10-8-13-9-11-16(20)15(13)12-17(2,3)18(21)22/h8,10,14,19H,4-7,9,11-12H2,1-3H3/b10-8+. The van der Waals surface area contributed by atoms with Crippen LogP contribution in [0.5, 0.6) is 0 Å². The van der Waals surface area contributed by atoms with Crippen molar-refractivity contribution < 1.29 is 14.8 Å². The van der Waals surface area contributed by atoms with Crippen LogP contribution in [0.3, 0.4) is 0 Å². The Morgan fingerprint density at radius 1 is 1.36 bits per heavy atom. The second-order valence-electron chi connectivity index (χ2n) is 6.60. The monoisotopic (exact) mass is 309 g/mol. The first-order valence-electron chi connectivity index (χ1n) is 8.04. The Bertz CT molecular complexity index is 477. The smallest absolute Gasteiger partial charge is 0.220 e. The van der Waals surface area contributed by atoms with E-state index in [0.717, 1.165) is 24.8 Å². The molecule has 0 bridgehead atoms. The van der Waals surface area contributed by atoms with Crippen molar-refractivity contribution in [2.24, 2.45) is 0 Å².